The van der Waals surface area contributed by atoms with Crippen molar-refractivity contribution in [3.8, 4) is 6.07 Å². The van der Waals surface area contributed by atoms with Gasteiger partial charge in [0, 0.05) is 0 Å². The Morgan fingerprint density at radius 1 is 1.38 bits per heavy atom. The van der Waals surface area contributed by atoms with Crippen molar-refractivity contribution in [3.05, 3.63) is 29.3 Å². The molecule has 0 radical (unpaired) electrons. The number of carbonyl (C=O) groups excluding carboxylic acids is 2. The number of rotatable bonds is 6. The fourth-order valence-corrected chi connectivity index (χ4v) is 5.34. The molecular weight excluding hydrogens is 422 g/mol. The highest BCUT2D eigenvalue weighted by molar-refractivity contribution is 7.92. The third-order valence-electron chi connectivity index (χ3n) is 4.88. The number of nitrogens with zero attached hydrogens (tertiary/aromatic N) is 2. The Morgan fingerprint density at radius 3 is 2.66 bits per heavy atom. The van der Waals surface area contributed by atoms with E-state index in [0.717, 1.165) is 5.06 Å². The van der Waals surface area contributed by atoms with E-state index in [1.807, 2.05) is 6.07 Å². The van der Waals surface area contributed by atoms with E-state index in [-0.39, 0.29) is 29.5 Å². The fourth-order valence-electron chi connectivity index (χ4n) is 3.14. The highest BCUT2D eigenvalue weighted by Crippen LogP contribution is 2.36. The summed E-state index contributed by atoms with van der Waals surface area (Å²) in [4.78, 5) is 29.5. The van der Waals surface area contributed by atoms with Gasteiger partial charge in [0.2, 0.25) is 5.91 Å². The number of nitrogens with one attached hydrogen (secondary N) is 1. The van der Waals surface area contributed by atoms with Crippen LogP contribution in [0.5, 0.6) is 0 Å². The molecule has 1 amide bonds. The Hall–Kier alpha value is -2.35. The maximum Gasteiger partial charge on any atom is 0.527 e. The number of ether oxygens (including phenoxy) is 1. The van der Waals surface area contributed by atoms with Crippen LogP contribution >= 0.6 is 11.6 Å². The second-order valence-electron chi connectivity index (χ2n) is 6.91. The highest BCUT2D eigenvalue weighted by atomic mass is 35.5. The molecule has 3 rings (SSSR count). The minimum Gasteiger partial charge on any atom is -0.433 e. The van der Waals surface area contributed by atoms with Crippen molar-refractivity contribution in [1.29, 1.82) is 5.26 Å². The van der Waals surface area contributed by atoms with Crippen LogP contribution in [0.4, 0.5) is 4.79 Å². The Kier molecular flexibility index (Phi) is 6.03. The second kappa shape index (κ2) is 8.18. The first-order chi connectivity index (χ1) is 13.7. The summed E-state index contributed by atoms with van der Waals surface area (Å²) in [7, 11) is -3.90. The first kappa shape index (κ1) is 21.4. The monoisotopic (exact) mass is 441 g/mol. The maximum absolute atomic E-state index is 13.1. The summed E-state index contributed by atoms with van der Waals surface area (Å²) in [6.07, 6.45) is -0.132. The largest absolute Gasteiger partial charge is 0.527 e. The molecule has 29 heavy (non-hydrogen) atoms. The standard InChI is InChI=1S/C18H20ClN3O6S/c1-2-27-17(24)28-22-10-12(29(25,26)15-6-4-3-5-13(15)19)9-14(22)16(23)21-18(11-20)7-8-18/h3-6,12,14H,2,7-10H2,1H3,(H,21,23)/t12-,14+/m1/s1. The van der Waals surface area contributed by atoms with Gasteiger partial charge in [-0.3, -0.25) is 4.79 Å². The molecule has 1 aliphatic heterocycles. The molecule has 1 saturated carbocycles. The van der Waals surface area contributed by atoms with Gasteiger partial charge >= 0.3 is 6.16 Å². The molecule has 0 unspecified atom stereocenters. The van der Waals surface area contributed by atoms with Gasteiger partial charge in [0.1, 0.15) is 11.6 Å². The Morgan fingerprint density at radius 2 is 2.07 bits per heavy atom. The normalized spacial score (nSPS) is 23.1. The first-order valence-electron chi connectivity index (χ1n) is 9.05. The number of carbonyl (C=O) groups is 2. The molecule has 2 aliphatic rings. The van der Waals surface area contributed by atoms with Crippen LogP contribution in [-0.4, -0.2) is 55.5 Å². The lowest BCUT2D eigenvalue weighted by molar-refractivity contribution is -0.156. The Bertz CT molecular complexity index is 957. The predicted molar refractivity (Wildman–Crippen MR) is 101 cm³/mol. The Balaban J connectivity index is 1.84. The molecular formula is C18H20ClN3O6S. The maximum atomic E-state index is 13.1. The van der Waals surface area contributed by atoms with Crippen LogP contribution in [-0.2, 0) is 24.2 Å². The number of halogens is 1. The molecule has 0 spiro atoms. The zero-order chi connectivity index (χ0) is 21.2. The van der Waals surface area contributed by atoms with Crippen LogP contribution in [0.15, 0.2) is 29.2 Å². The molecule has 0 aromatic heterocycles. The smallest absolute Gasteiger partial charge is 0.433 e. The van der Waals surface area contributed by atoms with Crippen LogP contribution in [0, 0.1) is 11.3 Å². The highest BCUT2D eigenvalue weighted by Gasteiger charge is 2.50. The molecule has 156 valence electrons. The van der Waals surface area contributed by atoms with Crippen molar-refractivity contribution in [3.63, 3.8) is 0 Å². The third-order valence-corrected chi connectivity index (χ3v) is 7.51. The number of hydrogen-bond acceptors (Lipinski definition) is 8. The van der Waals surface area contributed by atoms with Crippen LogP contribution in [0.3, 0.4) is 0 Å². The third kappa shape index (κ3) is 4.47. The van der Waals surface area contributed by atoms with E-state index in [9.17, 15) is 23.3 Å². The predicted octanol–water partition coefficient (Wildman–Crippen LogP) is 1.82. The van der Waals surface area contributed by atoms with Crippen molar-refractivity contribution in [2.75, 3.05) is 13.2 Å². The van der Waals surface area contributed by atoms with Crippen molar-refractivity contribution in [1.82, 2.24) is 10.4 Å². The quantitative estimate of drug-likeness (QED) is 0.662. The van der Waals surface area contributed by atoms with Gasteiger partial charge in [-0.1, -0.05) is 23.7 Å². The van der Waals surface area contributed by atoms with Crippen LogP contribution in [0.2, 0.25) is 5.02 Å². The summed E-state index contributed by atoms with van der Waals surface area (Å²) < 4.78 is 30.9. The lowest BCUT2D eigenvalue weighted by atomic mass is 10.2. The topological polar surface area (TPSA) is 126 Å². The van der Waals surface area contributed by atoms with E-state index in [1.165, 1.54) is 12.1 Å². The number of hydrogen-bond donors (Lipinski definition) is 1. The number of amides is 1. The van der Waals surface area contributed by atoms with Crippen molar-refractivity contribution in [2.45, 2.75) is 47.9 Å². The average Bonchev–Trinajstić information content (AvgIpc) is 3.31. The lowest BCUT2D eigenvalue weighted by Crippen LogP contribution is -2.48. The van der Waals surface area contributed by atoms with Crippen LogP contribution in [0.1, 0.15) is 26.2 Å². The van der Waals surface area contributed by atoms with Gasteiger partial charge in [-0.05, 0) is 38.3 Å². The van der Waals surface area contributed by atoms with E-state index >= 15 is 0 Å². The van der Waals surface area contributed by atoms with Crippen molar-refractivity contribution < 1.29 is 27.6 Å². The van der Waals surface area contributed by atoms with E-state index in [1.54, 1.807) is 19.1 Å². The van der Waals surface area contributed by atoms with Gasteiger partial charge < -0.3 is 14.9 Å². The molecule has 2 atom stereocenters. The number of benzene rings is 1. The van der Waals surface area contributed by atoms with Gasteiger partial charge in [-0.2, -0.15) is 5.26 Å². The minimum atomic E-state index is -3.90. The van der Waals surface area contributed by atoms with E-state index in [4.69, 9.17) is 21.2 Å². The molecule has 1 aromatic carbocycles. The Labute approximate surface area is 173 Å². The zero-order valence-electron chi connectivity index (χ0n) is 15.6. The van der Waals surface area contributed by atoms with Crippen LogP contribution in [0.25, 0.3) is 0 Å². The molecule has 1 heterocycles. The van der Waals surface area contributed by atoms with Crippen molar-refractivity contribution >= 4 is 33.5 Å². The molecule has 2 fully saturated rings. The summed E-state index contributed by atoms with van der Waals surface area (Å²) in [6, 6.07) is 6.97. The summed E-state index contributed by atoms with van der Waals surface area (Å²) in [5.74, 6) is -0.579. The molecule has 11 heteroatoms. The fraction of sp³-hybridized carbons (Fsp3) is 0.500. The first-order valence-corrected chi connectivity index (χ1v) is 11.0. The number of hydroxylamine groups is 2. The summed E-state index contributed by atoms with van der Waals surface area (Å²) >= 11 is 6.05. The van der Waals surface area contributed by atoms with Gasteiger partial charge in [-0.25, -0.2) is 13.2 Å². The molecule has 0 bridgehead atoms. The van der Waals surface area contributed by atoms with Gasteiger partial charge in [0.05, 0.1) is 34.4 Å². The van der Waals surface area contributed by atoms with E-state index < -0.39 is 38.7 Å². The molecule has 1 saturated heterocycles. The molecule has 1 aromatic rings. The van der Waals surface area contributed by atoms with E-state index in [0.29, 0.717) is 12.8 Å². The van der Waals surface area contributed by atoms with Gasteiger partial charge in [-0.15, -0.1) is 5.06 Å². The van der Waals surface area contributed by atoms with E-state index in [2.05, 4.69) is 5.32 Å². The molecule has 1 N–H and O–H groups in total. The zero-order valence-corrected chi connectivity index (χ0v) is 17.2. The van der Waals surface area contributed by atoms with Crippen LogP contribution < -0.4 is 5.32 Å². The molecule has 9 nitrogen and oxygen atoms in total. The number of sulfone groups is 1. The van der Waals surface area contributed by atoms with Crippen molar-refractivity contribution in [2.24, 2.45) is 0 Å². The summed E-state index contributed by atoms with van der Waals surface area (Å²) in [6.45, 7) is 1.41. The molecule has 1 aliphatic carbocycles. The average molecular weight is 442 g/mol. The second-order valence-corrected chi connectivity index (χ2v) is 9.51. The number of nitriles is 1. The lowest BCUT2D eigenvalue weighted by Gasteiger charge is -2.22. The SMILES string of the molecule is CCOC(=O)ON1C[C@H](S(=O)(=O)c2ccccc2Cl)C[C@H]1C(=O)NC1(C#N)CC1. The minimum absolute atomic E-state index is 0.0560. The summed E-state index contributed by atoms with van der Waals surface area (Å²) in [5.41, 5.74) is -0.938. The summed E-state index contributed by atoms with van der Waals surface area (Å²) in [5, 5.41) is 11.9. The van der Waals surface area contributed by atoms with Gasteiger partial charge in [0.15, 0.2) is 9.84 Å². The van der Waals surface area contributed by atoms with Gasteiger partial charge in [0.25, 0.3) is 0 Å².